The van der Waals surface area contributed by atoms with Gasteiger partial charge in [0.1, 0.15) is 0 Å². The van der Waals surface area contributed by atoms with E-state index in [-0.39, 0.29) is 18.1 Å². The second-order valence-corrected chi connectivity index (χ2v) is 6.03. The molecule has 1 amide bonds. The Morgan fingerprint density at radius 1 is 1.43 bits per heavy atom. The van der Waals surface area contributed by atoms with Crippen molar-refractivity contribution in [2.45, 2.75) is 38.3 Å². The van der Waals surface area contributed by atoms with E-state index in [0.717, 1.165) is 25.0 Å². The van der Waals surface area contributed by atoms with Crippen LogP contribution in [-0.4, -0.2) is 28.8 Å². The quantitative estimate of drug-likeness (QED) is 0.908. The Balaban J connectivity index is 1.60. The summed E-state index contributed by atoms with van der Waals surface area (Å²) >= 11 is 5.86. The van der Waals surface area contributed by atoms with Crippen LogP contribution in [0.1, 0.15) is 38.1 Å². The maximum Gasteiger partial charge on any atom is 0.257 e. The fourth-order valence-electron chi connectivity index (χ4n) is 2.50. The van der Waals surface area contributed by atoms with Gasteiger partial charge in [0.2, 0.25) is 5.91 Å². The molecule has 122 valence electrons. The fourth-order valence-corrected chi connectivity index (χ4v) is 2.62. The number of carbonyl (C=O) groups excluding carboxylic acids is 1. The number of nitrogens with one attached hydrogen (secondary N) is 1. The van der Waals surface area contributed by atoms with Gasteiger partial charge in [-0.2, -0.15) is 4.98 Å². The summed E-state index contributed by atoms with van der Waals surface area (Å²) < 4.78 is 10.7. The van der Waals surface area contributed by atoms with E-state index in [4.69, 9.17) is 20.9 Å². The smallest absolute Gasteiger partial charge is 0.257 e. The van der Waals surface area contributed by atoms with Crippen molar-refractivity contribution < 1.29 is 14.1 Å². The van der Waals surface area contributed by atoms with Gasteiger partial charge in [-0.25, -0.2) is 0 Å². The molecule has 0 aliphatic carbocycles. The molecule has 1 saturated heterocycles. The van der Waals surface area contributed by atoms with Gasteiger partial charge in [0.15, 0.2) is 5.82 Å². The zero-order valence-corrected chi connectivity index (χ0v) is 13.5. The molecular weight excluding hydrogens is 318 g/mol. The van der Waals surface area contributed by atoms with E-state index in [1.165, 1.54) is 0 Å². The topological polar surface area (TPSA) is 77.2 Å². The van der Waals surface area contributed by atoms with Crippen LogP contribution >= 0.6 is 11.6 Å². The van der Waals surface area contributed by atoms with Gasteiger partial charge in [-0.05, 0) is 44.0 Å². The van der Waals surface area contributed by atoms with Gasteiger partial charge in [0.05, 0.1) is 18.6 Å². The molecule has 2 aromatic rings. The minimum Gasteiger partial charge on any atom is -0.378 e. The number of amides is 1. The molecule has 1 aromatic heterocycles. The number of halogens is 1. The molecule has 2 heterocycles. The van der Waals surface area contributed by atoms with Crippen LogP contribution in [-0.2, 0) is 9.53 Å². The normalized spacial score (nSPS) is 18.8. The minimum atomic E-state index is -0.325. The molecule has 0 bridgehead atoms. The number of aromatic nitrogens is 2. The van der Waals surface area contributed by atoms with Crippen molar-refractivity contribution >= 4 is 17.5 Å². The molecule has 0 spiro atoms. The van der Waals surface area contributed by atoms with Crippen LogP contribution in [0.25, 0.3) is 11.5 Å². The van der Waals surface area contributed by atoms with E-state index in [1.807, 2.05) is 6.92 Å². The third-order valence-corrected chi connectivity index (χ3v) is 3.99. The highest BCUT2D eigenvalue weighted by molar-refractivity contribution is 6.30. The van der Waals surface area contributed by atoms with E-state index in [0.29, 0.717) is 23.2 Å². The molecular formula is C16H18ClN3O3. The summed E-state index contributed by atoms with van der Waals surface area (Å²) in [5, 5.41) is 7.45. The Kier molecular flexibility index (Phi) is 4.93. The molecule has 1 N–H and O–H groups in total. The molecule has 3 rings (SSSR count). The molecule has 0 saturated carbocycles. The highest BCUT2D eigenvalue weighted by Gasteiger charge is 2.22. The Labute approximate surface area is 139 Å². The van der Waals surface area contributed by atoms with E-state index in [1.54, 1.807) is 24.3 Å². The lowest BCUT2D eigenvalue weighted by molar-refractivity contribution is -0.123. The third-order valence-electron chi connectivity index (χ3n) is 3.73. The number of benzene rings is 1. The van der Waals surface area contributed by atoms with E-state index >= 15 is 0 Å². The predicted molar refractivity (Wildman–Crippen MR) is 84.9 cm³/mol. The van der Waals surface area contributed by atoms with Gasteiger partial charge in [-0.15, -0.1) is 0 Å². The summed E-state index contributed by atoms with van der Waals surface area (Å²) in [6.07, 6.45) is 2.34. The van der Waals surface area contributed by atoms with Crippen LogP contribution in [0.15, 0.2) is 28.8 Å². The van der Waals surface area contributed by atoms with Crippen LogP contribution in [0.2, 0.25) is 5.02 Å². The summed E-state index contributed by atoms with van der Waals surface area (Å²) in [6, 6.07) is 6.80. The molecule has 1 fully saturated rings. The average molecular weight is 336 g/mol. The largest absolute Gasteiger partial charge is 0.378 e. The molecule has 1 aliphatic rings. The summed E-state index contributed by atoms with van der Waals surface area (Å²) in [4.78, 5) is 16.3. The van der Waals surface area contributed by atoms with Crippen molar-refractivity contribution in [1.29, 1.82) is 0 Å². The SMILES string of the molecule is C[C@@H](NC(=O)C[C@@H]1CCCO1)c1noc(-c2ccc(Cl)cc2)n1. The zero-order chi connectivity index (χ0) is 16.2. The van der Waals surface area contributed by atoms with Crippen molar-refractivity contribution in [3.05, 3.63) is 35.1 Å². The molecule has 0 unspecified atom stereocenters. The number of rotatable bonds is 5. The van der Waals surface area contributed by atoms with Crippen molar-refractivity contribution in [2.75, 3.05) is 6.61 Å². The third kappa shape index (κ3) is 4.09. The lowest BCUT2D eigenvalue weighted by atomic mass is 10.1. The van der Waals surface area contributed by atoms with Crippen molar-refractivity contribution in [3.8, 4) is 11.5 Å². The van der Waals surface area contributed by atoms with E-state index in [9.17, 15) is 4.79 Å². The minimum absolute atomic E-state index is 0.0251. The molecule has 6 nitrogen and oxygen atoms in total. The fraction of sp³-hybridized carbons (Fsp3) is 0.438. The highest BCUT2D eigenvalue weighted by Crippen LogP contribution is 2.21. The monoisotopic (exact) mass is 335 g/mol. The number of hydrogen-bond acceptors (Lipinski definition) is 5. The summed E-state index contributed by atoms with van der Waals surface area (Å²) in [5.41, 5.74) is 0.783. The first-order chi connectivity index (χ1) is 11.1. The Hall–Kier alpha value is -1.92. The summed E-state index contributed by atoms with van der Waals surface area (Å²) in [5.74, 6) is 0.773. The Morgan fingerprint density at radius 2 is 2.22 bits per heavy atom. The predicted octanol–water partition coefficient (Wildman–Crippen LogP) is 3.14. The van der Waals surface area contributed by atoms with Gasteiger partial charge < -0.3 is 14.6 Å². The molecule has 0 radical (unpaired) electrons. The van der Waals surface area contributed by atoms with Crippen LogP contribution in [0, 0.1) is 0 Å². The molecule has 2 atom stereocenters. The van der Waals surface area contributed by atoms with Gasteiger partial charge in [0, 0.05) is 17.2 Å². The number of hydrogen-bond donors (Lipinski definition) is 1. The first-order valence-corrected chi connectivity index (χ1v) is 8.00. The van der Waals surface area contributed by atoms with Gasteiger partial charge in [-0.3, -0.25) is 4.79 Å². The maximum absolute atomic E-state index is 12.0. The van der Waals surface area contributed by atoms with Gasteiger partial charge in [0.25, 0.3) is 5.89 Å². The molecule has 1 aliphatic heterocycles. The molecule has 1 aromatic carbocycles. The zero-order valence-electron chi connectivity index (χ0n) is 12.8. The Bertz CT molecular complexity index is 665. The van der Waals surface area contributed by atoms with E-state index in [2.05, 4.69) is 15.5 Å². The second-order valence-electron chi connectivity index (χ2n) is 5.59. The van der Waals surface area contributed by atoms with Crippen LogP contribution in [0.4, 0.5) is 0 Å². The number of ether oxygens (including phenoxy) is 1. The maximum atomic E-state index is 12.0. The van der Waals surface area contributed by atoms with Crippen molar-refractivity contribution in [2.24, 2.45) is 0 Å². The van der Waals surface area contributed by atoms with Gasteiger partial charge >= 0.3 is 0 Å². The first-order valence-electron chi connectivity index (χ1n) is 7.62. The summed E-state index contributed by atoms with van der Waals surface area (Å²) in [7, 11) is 0. The average Bonchev–Trinajstić information content (AvgIpc) is 3.19. The van der Waals surface area contributed by atoms with Gasteiger partial charge in [-0.1, -0.05) is 16.8 Å². The summed E-state index contributed by atoms with van der Waals surface area (Å²) in [6.45, 7) is 2.56. The standard InChI is InChI=1S/C16H18ClN3O3/c1-10(18-14(21)9-13-3-2-8-22-13)15-19-16(23-20-15)11-4-6-12(17)7-5-11/h4-7,10,13H,2-3,8-9H2,1H3,(H,18,21)/t10-,13+/m1/s1. The highest BCUT2D eigenvalue weighted by atomic mass is 35.5. The van der Waals surface area contributed by atoms with E-state index < -0.39 is 0 Å². The van der Waals surface area contributed by atoms with Crippen LogP contribution in [0.5, 0.6) is 0 Å². The Morgan fingerprint density at radius 3 is 2.91 bits per heavy atom. The lowest BCUT2D eigenvalue weighted by Gasteiger charge is -2.12. The first kappa shape index (κ1) is 16.0. The van der Waals surface area contributed by atoms with Crippen LogP contribution < -0.4 is 5.32 Å². The number of nitrogens with zero attached hydrogens (tertiary/aromatic N) is 2. The van der Waals surface area contributed by atoms with Crippen molar-refractivity contribution in [3.63, 3.8) is 0 Å². The lowest BCUT2D eigenvalue weighted by Crippen LogP contribution is -2.30. The second kappa shape index (κ2) is 7.10. The molecule has 23 heavy (non-hydrogen) atoms. The number of carbonyl (C=O) groups is 1. The molecule has 7 heteroatoms. The van der Waals surface area contributed by atoms with Crippen molar-refractivity contribution in [1.82, 2.24) is 15.5 Å². The van der Waals surface area contributed by atoms with Crippen LogP contribution in [0.3, 0.4) is 0 Å².